The van der Waals surface area contributed by atoms with Crippen LogP contribution in [0.1, 0.15) is 31.5 Å². The molecule has 0 saturated carbocycles. The number of ether oxygens (including phenoxy) is 1. The summed E-state index contributed by atoms with van der Waals surface area (Å²) in [6, 6.07) is 10.2. The fourth-order valence-corrected chi connectivity index (χ4v) is 4.61. The molecule has 4 heterocycles. The monoisotopic (exact) mass is 524 g/mol. The Morgan fingerprint density at radius 2 is 1.88 bits per heavy atom. The van der Waals surface area contributed by atoms with Gasteiger partial charge in [-0.15, -0.1) is 37.2 Å². The maximum absolute atomic E-state index is 6.36. The smallest absolute Gasteiger partial charge is 0.152 e. The molecule has 1 aliphatic rings. The molecule has 4 aromatic rings. The summed E-state index contributed by atoms with van der Waals surface area (Å²) in [6.45, 7) is 5.48. The Balaban J connectivity index is 0.00000136. The van der Waals surface area contributed by atoms with Gasteiger partial charge in [-0.3, -0.25) is 4.98 Å². The van der Waals surface area contributed by atoms with Crippen molar-refractivity contribution in [1.29, 1.82) is 0 Å². The van der Waals surface area contributed by atoms with Crippen LogP contribution in [0, 0.1) is 5.92 Å². The van der Waals surface area contributed by atoms with Crippen LogP contribution in [0.15, 0.2) is 42.7 Å². The first-order valence-electron chi connectivity index (χ1n) is 11.0. The van der Waals surface area contributed by atoms with Gasteiger partial charge in [0.1, 0.15) is 11.3 Å². The highest BCUT2D eigenvalue weighted by Crippen LogP contribution is 2.34. The quantitative estimate of drug-likeness (QED) is 0.322. The van der Waals surface area contributed by atoms with Gasteiger partial charge in [0.15, 0.2) is 5.82 Å². The zero-order chi connectivity index (χ0) is 21.2. The molecule has 184 valence electrons. The van der Waals surface area contributed by atoms with Gasteiger partial charge >= 0.3 is 0 Å². The number of pyridine rings is 2. The zero-order valence-corrected chi connectivity index (χ0v) is 21.4. The van der Waals surface area contributed by atoms with E-state index in [-0.39, 0.29) is 43.1 Å². The summed E-state index contributed by atoms with van der Waals surface area (Å²) in [6.07, 6.45) is 5.88. The second-order valence-corrected chi connectivity index (χ2v) is 8.17. The van der Waals surface area contributed by atoms with Gasteiger partial charge < -0.3 is 20.8 Å². The van der Waals surface area contributed by atoms with Crippen molar-refractivity contribution >= 4 is 65.0 Å². The average Bonchev–Trinajstić information content (AvgIpc) is 3.26. The number of aromatic amines is 1. The number of hydrogen-bond donors (Lipinski definition) is 3. The maximum Gasteiger partial charge on any atom is 0.152 e. The Hall–Kier alpha value is -2.16. The van der Waals surface area contributed by atoms with Gasteiger partial charge in [0.05, 0.1) is 17.6 Å². The van der Waals surface area contributed by atoms with Crippen molar-refractivity contribution in [3.05, 3.63) is 48.5 Å². The molecule has 0 bridgehead atoms. The lowest BCUT2D eigenvalue weighted by molar-refractivity contribution is 0.105. The molecule has 1 saturated heterocycles. The number of imidazole rings is 1. The first-order chi connectivity index (χ1) is 15.2. The molecule has 1 fully saturated rings. The fraction of sp³-hybridized carbons (Fsp3) is 0.375. The standard InChI is InChI=1S/C24H28N6O.3ClH/c1-2-31-14-19(15-7-10-26-11-8-15)24-29-21-18-6-5-16(17-4-3-9-27-13-17)12-20(18)28-23(25)22(21)30-24;;;/h3-6,9,12-13,15,19,26H,2,7-8,10-11,14H2,1H3,(H2,25,28)(H,29,30);3*1H. The van der Waals surface area contributed by atoms with Crippen molar-refractivity contribution in [3.8, 4) is 11.1 Å². The number of nitrogens with zero attached hydrogens (tertiary/aromatic N) is 3. The van der Waals surface area contributed by atoms with Crippen LogP contribution >= 0.6 is 37.2 Å². The van der Waals surface area contributed by atoms with Crippen molar-refractivity contribution in [1.82, 2.24) is 25.3 Å². The van der Waals surface area contributed by atoms with E-state index in [0.717, 1.165) is 64.8 Å². The molecule has 10 heteroatoms. The van der Waals surface area contributed by atoms with Crippen LogP contribution in [0.3, 0.4) is 0 Å². The van der Waals surface area contributed by atoms with E-state index >= 15 is 0 Å². The predicted octanol–water partition coefficient (Wildman–Crippen LogP) is 5.14. The number of H-pyrrole nitrogens is 1. The third-order valence-electron chi connectivity index (χ3n) is 6.27. The molecule has 1 unspecified atom stereocenters. The van der Waals surface area contributed by atoms with Gasteiger partial charge in [0, 0.05) is 35.9 Å². The molecule has 0 amide bonds. The Labute approximate surface area is 217 Å². The Kier molecular flexibility index (Phi) is 10.3. The molecule has 5 rings (SSSR count). The van der Waals surface area contributed by atoms with E-state index in [1.165, 1.54) is 0 Å². The topological polar surface area (TPSA) is 102 Å². The second-order valence-electron chi connectivity index (χ2n) is 8.17. The molecule has 1 aromatic carbocycles. The second kappa shape index (κ2) is 12.5. The van der Waals surface area contributed by atoms with Gasteiger partial charge in [-0.05, 0) is 56.5 Å². The highest BCUT2D eigenvalue weighted by Gasteiger charge is 2.28. The molecule has 3 aromatic heterocycles. The van der Waals surface area contributed by atoms with E-state index in [1.807, 2.05) is 25.3 Å². The van der Waals surface area contributed by atoms with E-state index < -0.39 is 0 Å². The van der Waals surface area contributed by atoms with E-state index in [2.05, 4.69) is 38.5 Å². The van der Waals surface area contributed by atoms with Crippen molar-refractivity contribution < 1.29 is 4.74 Å². The minimum absolute atomic E-state index is 0. The molecular weight excluding hydrogens is 495 g/mol. The average molecular weight is 526 g/mol. The van der Waals surface area contributed by atoms with Crippen LogP contribution in [0.25, 0.3) is 33.1 Å². The molecule has 1 atom stereocenters. The lowest BCUT2D eigenvalue weighted by atomic mass is 9.85. The summed E-state index contributed by atoms with van der Waals surface area (Å²) in [5, 5.41) is 4.47. The van der Waals surface area contributed by atoms with Crippen molar-refractivity contribution in [3.63, 3.8) is 0 Å². The third kappa shape index (κ3) is 5.56. The van der Waals surface area contributed by atoms with Crippen molar-refractivity contribution in [2.45, 2.75) is 25.7 Å². The summed E-state index contributed by atoms with van der Waals surface area (Å²) in [4.78, 5) is 17.4. The number of piperidine rings is 1. The lowest BCUT2D eigenvalue weighted by Crippen LogP contribution is -2.32. The minimum Gasteiger partial charge on any atom is -0.382 e. The normalized spacial score (nSPS) is 14.7. The molecule has 7 nitrogen and oxygen atoms in total. The van der Waals surface area contributed by atoms with Gasteiger partial charge in [0.25, 0.3) is 0 Å². The molecule has 0 radical (unpaired) electrons. The number of aromatic nitrogens is 4. The number of nitrogens with one attached hydrogen (secondary N) is 2. The first-order valence-corrected chi connectivity index (χ1v) is 11.0. The van der Waals surface area contributed by atoms with Crippen LogP contribution in [-0.4, -0.2) is 46.2 Å². The number of nitrogen functional groups attached to an aromatic ring is 1. The largest absolute Gasteiger partial charge is 0.382 e. The highest BCUT2D eigenvalue weighted by atomic mass is 35.5. The number of nitrogens with two attached hydrogens (primary N) is 1. The summed E-state index contributed by atoms with van der Waals surface area (Å²) < 4.78 is 5.85. The van der Waals surface area contributed by atoms with Crippen LogP contribution in [-0.2, 0) is 4.74 Å². The Morgan fingerprint density at radius 1 is 1.09 bits per heavy atom. The Bertz CT molecular complexity index is 1200. The summed E-state index contributed by atoms with van der Waals surface area (Å²) in [7, 11) is 0. The summed E-state index contributed by atoms with van der Waals surface area (Å²) in [5.41, 5.74) is 11.0. The molecular formula is C24H31Cl3N6O. The molecule has 4 N–H and O–H groups in total. The maximum atomic E-state index is 6.36. The van der Waals surface area contributed by atoms with E-state index in [9.17, 15) is 0 Å². The number of halogens is 3. The third-order valence-corrected chi connectivity index (χ3v) is 6.27. The van der Waals surface area contributed by atoms with Gasteiger partial charge in [-0.1, -0.05) is 18.2 Å². The number of hydrogen-bond acceptors (Lipinski definition) is 6. The summed E-state index contributed by atoms with van der Waals surface area (Å²) >= 11 is 0. The summed E-state index contributed by atoms with van der Waals surface area (Å²) in [5.74, 6) is 2.16. The lowest BCUT2D eigenvalue weighted by Gasteiger charge is -2.29. The van der Waals surface area contributed by atoms with Crippen molar-refractivity contribution in [2.75, 3.05) is 32.0 Å². The van der Waals surface area contributed by atoms with Crippen LogP contribution < -0.4 is 11.1 Å². The molecule has 34 heavy (non-hydrogen) atoms. The highest BCUT2D eigenvalue weighted by molar-refractivity contribution is 6.07. The minimum atomic E-state index is 0. The van der Waals surface area contributed by atoms with Gasteiger partial charge in [-0.2, -0.15) is 0 Å². The van der Waals surface area contributed by atoms with Crippen LogP contribution in [0.2, 0.25) is 0 Å². The molecule has 0 aliphatic carbocycles. The van der Waals surface area contributed by atoms with Crippen LogP contribution in [0.5, 0.6) is 0 Å². The van der Waals surface area contributed by atoms with E-state index in [4.69, 9.17) is 15.5 Å². The number of anilines is 1. The fourth-order valence-electron chi connectivity index (χ4n) is 4.61. The number of rotatable bonds is 6. The van der Waals surface area contributed by atoms with E-state index in [0.29, 0.717) is 24.9 Å². The Morgan fingerprint density at radius 3 is 2.59 bits per heavy atom. The number of fused-ring (bicyclic) bond motifs is 3. The molecule has 1 aliphatic heterocycles. The molecule has 0 spiro atoms. The van der Waals surface area contributed by atoms with E-state index in [1.54, 1.807) is 6.20 Å². The number of benzene rings is 1. The van der Waals surface area contributed by atoms with Gasteiger partial charge in [0.2, 0.25) is 0 Å². The van der Waals surface area contributed by atoms with Gasteiger partial charge in [-0.25, -0.2) is 9.97 Å². The SMILES string of the molecule is CCOCC(c1nc2c(N)nc3cc(-c4cccnc4)ccc3c2[nH]1)C1CCNCC1.Cl.Cl.Cl. The first kappa shape index (κ1) is 28.1. The van der Waals surface area contributed by atoms with Crippen LogP contribution in [0.4, 0.5) is 5.82 Å². The van der Waals surface area contributed by atoms with Crippen molar-refractivity contribution in [2.24, 2.45) is 5.92 Å². The zero-order valence-electron chi connectivity index (χ0n) is 19.0. The predicted molar refractivity (Wildman–Crippen MR) is 146 cm³/mol.